The molecule has 0 radical (unpaired) electrons. The minimum Gasteiger partial charge on any atom is -0.465 e. The van der Waals surface area contributed by atoms with Crippen LogP contribution in [0.25, 0.3) is 22.3 Å². The first-order chi connectivity index (χ1) is 11.0. The zero-order valence-corrected chi connectivity index (χ0v) is 13.2. The van der Waals surface area contributed by atoms with E-state index in [4.69, 9.17) is 0 Å². The molecule has 0 aromatic carbocycles. The predicted molar refractivity (Wildman–Crippen MR) is 87.5 cm³/mol. The number of H-pyrrole nitrogens is 1. The van der Waals surface area contributed by atoms with E-state index in [0.717, 1.165) is 22.2 Å². The molecule has 0 bridgehead atoms. The van der Waals surface area contributed by atoms with E-state index in [1.807, 2.05) is 36.9 Å². The molecule has 6 heteroatoms. The molecule has 23 heavy (non-hydrogen) atoms. The highest BCUT2D eigenvalue weighted by molar-refractivity contribution is 5.90. The standard InChI is InChI=1S/C17H17N3O3/c1-4-10-8-13(17(22)23-3)16(21)19-14(10)12-7-11-5-6-20(2)15(11)18-9-12/h5-9H,4H2,1-3H3,(H,19,21). The van der Waals surface area contributed by atoms with Gasteiger partial charge in [0.05, 0.1) is 12.8 Å². The Morgan fingerprint density at radius 3 is 2.87 bits per heavy atom. The number of carbonyl (C=O) groups is 1. The van der Waals surface area contributed by atoms with Crippen molar-refractivity contribution in [2.45, 2.75) is 13.3 Å². The number of aromatic amines is 1. The Bertz CT molecular complexity index is 953. The third-order valence-corrected chi connectivity index (χ3v) is 3.90. The lowest BCUT2D eigenvalue weighted by molar-refractivity contribution is 0.0598. The monoisotopic (exact) mass is 311 g/mol. The fourth-order valence-corrected chi connectivity index (χ4v) is 2.66. The third kappa shape index (κ3) is 2.52. The summed E-state index contributed by atoms with van der Waals surface area (Å²) in [6, 6.07) is 5.54. The van der Waals surface area contributed by atoms with Gasteiger partial charge < -0.3 is 14.3 Å². The SMILES string of the molecule is CCc1cc(C(=O)OC)c(=O)[nH]c1-c1cnc2c(ccn2C)c1. The predicted octanol–water partition coefficient (Wildman–Crippen LogP) is 2.28. The first-order valence-electron chi connectivity index (χ1n) is 7.31. The highest BCUT2D eigenvalue weighted by Gasteiger charge is 2.16. The van der Waals surface area contributed by atoms with Gasteiger partial charge in [-0.1, -0.05) is 6.92 Å². The lowest BCUT2D eigenvalue weighted by Gasteiger charge is -2.10. The van der Waals surface area contributed by atoms with Gasteiger partial charge in [-0.2, -0.15) is 0 Å². The second kappa shape index (κ2) is 5.72. The topological polar surface area (TPSA) is 77.0 Å². The Labute approximate surface area is 132 Å². The van der Waals surface area contributed by atoms with Crippen molar-refractivity contribution in [3.8, 4) is 11.3 Å². The average molecular weight is 311 g/mol. The molecule has 1 N–H and O–H groups in total. The molecule has 0 aliphatic carbocycles. The Morgan fingerprint density at radius 1 is 1.39 bits per heavy atom. The van der Waals surface area contributed by atoms with Gasteiger partial charge in [-0.25, -0.2) is 9.78 Å². The maximum atomic E-state index is 12.2. The van der Waals surface area contributed by atoms with Crippen molar-refractivity contribution in [3.05, 3.63) is 52.1 Å². The van der Waals surface area contributed by atoms with Gasteiger partial charge in [-0.05, 0) is 30.2 Å². The minimum atomic E-state index is -0.635. The van der Waals surface area contributed by atoms with Crippen molar-refractivity contribution in [1.29, 1.82) is 0 Å². The normalized spacial score (nSPS) is 10.9. The first kappa shape index (κ1) is 15.0. The van der Waals surface area contributed by atoms with Gasteiger partial charge in [0.25, 0.3) is 5.56 Å². The van der Waals surface area contributed by atoms with E-state index in [2.05, 4.69) is 14.7 Å². The van der Waals surface area contributed by atoms with E-state index in [1.54, 1.807) is 12.3 Å². The maximum Gasteiger partial charge on any atom is 0.343 e. The smallest absolute Gasteiger partial charge is 0.343 e. The van der Waals surface area contributed by atoms with Crippen molar-refractivity contribution in [1.82, 2.24) is 14.5 Å². The molecular weight excluding hydrogens is 294 g/mol. The molecule has 3 aromatic heterocycles. The van der Waals surface area contributed by atoms with Crippen molar-refractivity contribution in [2.75, 3.05) is 7.11 Å². The fraction of sp³-hybridized carbons (Fsp3) is 0.235. The summed E-state index contributed by atoms with van der Waals surface area (Å²) >= 11 is 0. The highest BCUT2D eigenvalue weighted by atomic mass is 16.5. The summed E-state index contributed by atoms with van der Waals surface area (Å²) < 4.78 is 6.58. The number of fused-ring (bicyclic) bond motifs is 1. The Morgan fingerprint density at radius 2 is 2.17 bits per heavy atom. The van der Waals surface area contributed by atoms with Gasteiger partial charge in [0.15, 0.2) is 0 Å². The quantitative estimate of drug-likeness (QED) is 0.753. The number of hydrogen-bond acceptors (Lipinski definition) is 4. The lowest BCUT2D eigenvalue weighted by atomic mass is 10.0. The molecule has 0 spiro atoms. The Balaban J connectivity index is 2.19. The highest BCUT2D eigenvalue weighted by Crippen LogP contribution is 2.24. The maximum absolute atomic E-state index is 12.2. The summed E-state index contributed by atoms with van der Waals surface area (Å²) in [5.74, 6) is -0.635. The van der Waals surface area contributed by atoms with E-state index in [1.165, 1.54) is 7.11 Å². The van der Waals surface area contributed by atoms with Crippen LogP contribution < -0.4 is 5.56 Å². The molecule has 0 fully saturated rings. The van der Waals surface area contributed by atoms with E-state index in [0.29, 0.717) is 12.1 Å². The van der Waals surface area contributed by atoms with Gasteiger partial charge in [0.2, 0.25) is 0 Å². The number of carbonyl (C=O) groups excluding carboxylic acids is 1. The third-order valence-electron chi connectivity index (χ3n) is 3.90. The van der Waals surface area contributed by atoms with Crippen molar-refractivity contribution in [2.24, 2.45) is 7.05 Å². The first-order valence-corrected chi connectivity index (χ1v) is 7.31. The number of hydrogen-bond donors (Lipinski definition) is 1. The van der Waals surface area contributed by atoms with Crippen LogP contribution in [0, 0.1) is 0 Å². The summed E-state index contributed by atoms with van der Waals surface area (Å²) in [6.45, 7) is 1.96. The van der Waals surface area contributed by atoms with E-state index in [-0.39, 0.29) is 5.56 Å². The van der Waals surface area contributed by atoms with Crippen LogP contribution in [0.15, 0.2) is 35.4 Å². The van der Waals surface area contributed by atoms with Crippen molar-refractivity contribution >= 4 is 17.0 Å². The van der Waals surface area contributed by atoms with Crippen molar-refractivity contribution < 1.29 is 9.53 Å². The van der Waals surface area contributed by atoms with Crippen molar-refractivity contribution in [3.63, 3.8) is 0 Å². The molecule has 118 valence electrons. The van der Waals surface area contributed by atoms with E-state index in [9.17, 15) is 9.59 Å². The zero-order chi connectivity index (χ0) is 16.6. The summed E-state index contributed by atoms with van der Waals surface area (Å²) in [4.78, 5) is 31.1. The molecular formula is C17H17N3O3. The van der Waals surface area contributed by atoms with Crippen LogP contribution in [0.3, 0.4) is 0 Å². The van der Waals surface area contributed by atoms with Gasteiger partial charge in [-0.15, -0.1) is 0 Å². The van der Waals surface area contributed by atoms with Gasteiger partial charge in [-0.3, -0.25) is 4.79 Å². The number of aromatic nitrogens is 3. The van der Waals surface area contributed by atoms with Crippen LogP contribution >= 0.6 is 0 Å². The summed E-state index contributed by atoms with van der Waals surface area (Å²) in [5.41, 5.74) is 2.79. The largest absolute Gasteiger partial charge is 0.465 e. The van der Waals surface area contributed by atoms with Crippen LogP contribution in [-0.2, 0) is 18.2 Å². The molecule has 6 nitrogen and oxygen atoms in total. The molecule has 0 unspecified atom stereocenters. The van der Waals surface area contributed by atoms with Gasteiger partial charge in [0.1, 0.15) is 11.2 Å². The molecule has 3 aromatic rings. The van der Waals surface area contributed by atoms with Crippen LogP contribution in [0.4, 0.5) is 0 Å². The summed E-state index contributed by atoms with van der Waals surface area (Å²) in [6.07, 6.45) is 4.33. The van der Waals surface area contributed by atoms with Gasteiger partial charge >= 0.3 is 5.97 Å². The molecule has 3 rings (SSSR count). The van der Waals surface area contributed by atoms with Crippen LogP contribution in [0.5, 0.6) is 0 Å². The molecule has 0 saturated carbocycles. The molecule has 0 amide bonds. The number of nitrogens with zero attached hydrogens (tertiary/aromatic N) is 2. The average Bonchev–Trinajstić information content (AvgIpc) is 2.94. The van der Waals surface area contributed by atoms with E-state index < -0.39 is 11.5 Å². The summed E-state index contributed by atoms with van der Waals surface area (Å²) in [5, 5.41) is 0.991. The summed E-state index contributed by atoms with van der Waals surface area (Å²) in [7, 11) is 3.19. The number of methoxy groups -OCH3 is 1. The number of pyridine rings is 2. The second-order valence-electron chi connectivity index (χ2n) is 5.32. The Kier molecular flexibility index (Phi) is 3.73. The van der Waals surface area contributed by atoms with Crippen LogP contribution in [0.2, 0.25) is 0 Å². The number of ether oxygens (including phenoxy) is 1. The van der Waals surface area contributed by atoms with Crippen LogP contribution in [0.1, 0.15) is 22.8 Å². The van der Waals surface area contributed by atoms with Gasteiger partial charge in [0, 0.05) is 30.4 Å². The number of nitrogens with one attached hydrogen (secondary N) is 1. The van der Waals surface area contributed by atoms with Crippen LogP contribution in [-0.4, -0.2) is 27.6 Å². The fourth-order valence-electron chi connectivity index (χ4n) is 2.66. The molecule has 0 aliphatic rings. The number of esters is 1. The molecule has 3 heterocycles. The number of rotatable bonds is 3. The minimum absolute atomic E-state index is 0.0156. The number of aryl methyl sites for hydroxylation is 2. The lowest BCUT2D eigenvalue weighted by Crippen LogP contribution is -2.20. The molecule has 0 atom stereocenters. The zero-order valence-electron chi connectivity index (χ0n) is 13.2. The molecule has 0 saturated heterocycles. The second-order valence-corrected chi connectivity index (χ2v) is 5.32. The molecule has 0 aliphatic heterocycles. The van der Waals surface area contributed by atoms with E-state index >= 15 is 0 Å². The Hall–Kier alpha value is -2.89.